The molecule has 0 unspecified atom stereocenters. The van der Waals surface area contributed by atoms with Crippen molar-refractivity contribution < 1.29 is 4.79 Å². The molecule has 0 atom stereocenters. The van der Waals surface area contributed by atoms with Gasteiger partial charge in [0.1, 0.15) is 0 Å². The second-order valence-electron chi connectivity index (χ2n) is 3.92. The molecule has 0 spiro atoms. The molecule has 1 fully saturated rings. The summed E-state index contributed by atoms with van der Waals surface area (Å²) in [6.45, 7) is 5.59. The molecule has 0 aromatic rings. The van der Waals surface area contributed by atoms with Gasteiger partial charge in [0.25, 0.3) is 0 Å². The zero-order valence-corrected chi connectivity index (χ0v) is 7.73. The number of hydrogen-bond acceptors (Lipinski definition) is 2. The standard InChI is InChI=1S/C10H17NO/c1-8(2)7-9(12)10(11)5-3-4-6-10/h1,3-7,11H2,2H3. The fourth-order valence-electron chi connectivity index (χ4n) is 1.73. The maximum absolute atomic E-state index is 11.6. The number of rotatable bonds is 3. The molecule has 0 aliphatic heterocycles. The first-order valence-corrected chi connectivity index (χ1v) is 4.51. The van der Waals surface area contributed by atoms with Gasteiger partial charge < -0.3 is 5.73 Å². The Balaban J connectivity index is 2.56. The van der Waals surface area contributed by atoms with Crippen molar-refractivity contribution in [1.82, 2.24) is 0 Å². The van der Waals surface area contributed by atoms with Crippen molar-refractivity contribution in [2.45, 2.75) is 44.6 Å². The number of carbonyl (C=O) groups excluding carboxylic acids is 1. The number of allylic oxidation sites excluding steroid dienone is 1. The number of carbonyl (C=O) groups is 1. The molecular formula is C10H17NO. The van der Waals surface area contributed by atoms with Crippen molar-refractivity contribution in [1.29, 1.82) is 0 Å². The van der Waals surface area contributed by atoms with Crippen LogP contribution < -0.4 is 5.73 Å². The summed E-state index contributed by atoms with van der Waals surface area (Å²) in [4.78, 5) is 11.6. The highest BCUT2D eigenvalue weighted by atomic mass is 16.1. The molecule has 0 radical (unpaired) electrons. The third-order valence-corrected chi connectivity index (χ3v) is 2.51. The fourth-order valence-corrected chi connectivity index (χ4v) is 1.73. The molecule has 2 heteroatoms. The van der Waals surface area contributed by atoms with Crippen LogP contribution in [0.5, 0.6) is 0 Å². The predicted molar refractivity (Wildman–Crippen MR) is 49.8 cm³/mol. The van der Waals surface area contributed by atoms with Gasteiger partial charge in [0.15, 0.2) is 5.78 Å². The van der Waals surface area contributed by atoms with Gasteiger partial charge >= 0.3 is 0 Å². The Morgan fingerprint density at radius 3 is 2.42 bits per heavy atom. The van der Waals surface area contributed by atoms with Gasteiger partial charge in [-0.2, -0.15) is 0 Å². The maximum atomic E-state index is 11.6. The van der Waals surface area contributed by atoms with E-state index in [2.05, 4.69) is 6.58 Å². The third kappa shape index (κ3) is 1.95. The third-order valence-electron chi connectivity index (χ3n) is 2.51. The molecule has 2 nitrogen and oxygen atoms in total. The minimum absolute atomic E-state index is 0.174. The van der Waals surface area contributed by atoms with Crippen LogP contribution in [-0.4, -0.2) is 11.3 Å². The molecule has 0 heterocycles. The number of ketones is 1. The maximum Gasteiger partial charge on any atom is 0.156 e. The summed E-state index contributed by atoms with van der Waals surface area (Å²) >= 11 is 0. The smallest absolute Gasteiger partial charge is 0.156 e. The second-order valence-corrected chi connectivity index (χ2v) is 3.92. The normalized spacial score (nSPS) is 20.8. The molecule has 12 heavy (non-hydrogen) atoms. The van der Waals surface area contributed by atoms with Crippen molar-refractivity contribution >= 4 is 5.78 Å². The molecule has 0 amide bonds. The van der Waals surface area contributed by atoms with E-state index in [9.17, 15) is 4.79 Å². The van der Waals surface area contributed by atoms with E-state index in [1.54, 1.807) is 0 Å². The van der Waals surface area contributed by atoms with Gasteiger partial charge in [0.2, 0.25) is 0 Å². The molecule has 2 N–H and O–H groups in total. The number of Topliss-reactive ketones (excluding diaryl/α,β-unsaturated/α-hetero) is 1. The van der Waals surface area contributed by atoms with Crippen LogP contribution in [0.2, 0.25) is 0 Å². The van der Waals surface area contributed by atoms with Gasteiger partial charge in [0, 0.05) is 6.42 Å². The molecule has 1 aliphatic carbocycles. The lowest BCUT2D eigenvalue weighted by molar-refractivity contribution is -0.123. The summed E-state index contributed by atoms with van der Waals surface area (Å²) < 4.78 is 0. The second kappa shape index (κ2) is 3.40. The Morgan fingerprint density at radius 1 is 1.50 bits per heavy atom. The van der Waals surface area contributed by atoms with E-state index in [4.69, 9.17) is 5.73 Å². The van der Waals surface area contributed by atoms with E-state index in [1.165, 1.54) is 0 Å². The molecule has 0 aromatic carbocycles. The molecule has 0 aromatic heterocycles. The summed E-state index contributed by atoms with van der Waals surface area (Å²) in [5.74, 6) is 0.174. The Hall–Kier alpha value is -0.630. The first-order chi connectivity index (χ1) is 5.54. The zero-order chi connectivity index (χ0) is 9.19. The average Bonchev–Trinajstić information content (AvgIpc) is 2.36. The monoisotopic (exact) mass is 167 g/mol. The molecule has 1 aliphatic rings. The minimum atomic E-state index is -0.515. The first-order valence-electron chi connectivity index (χ1n) is 4.51. The van der Waals surface area contributed by atoms with Crippen LogP contribution >= 0.6 is 0 Å². The van der Waals surface area contributed by atoms with E-state index in [-0.39, 0.29) is 5.78 Å². The lowest BCUT2D eigenvalue weighted by Gasteiger charge is -2.21. The van der Waals surface area contributed by atoms with E-state index < -0.39 is 5.54 Å². The highest BCUT2D eigenvalue weighted by molar-refractivity contribution is 5.90. The van der Waals surface area contributed by atoms with Crippen LogP contribution in [0, 0.1) is 0 Å². The highest BCUT2D eigenvalue weighted by Crippen LogP contribution is 2.29. The molecule has 68 valence electrons. The van der Waals surface area contributed by atoms with Crippen LogP contribution in [0.3, 0.4) is 0 Å². The van der Waals surface area contributed by atoms with Gasteiger partial charge in [-0.05, 0) is 19.8 Å². The Kier molecular flexibility index (Phi) is 2.68. The molecular weight excluding hydrogens is 150 g/mol. The molecule has 0 bridgehead atoms. The van der Waals surface area contributed by atoms with Gasteiger partial charge in [0.05, 0.1) is 5.54 Å². The first kappa shape index (κ1) is 9.46. The average molecular weight is 167 g/mol. The number of hydrogen-bond donors (Lipinski definition) is 1. The Bertz CT molecular complexity index is 202. The van der Waals surface area contributed by atoms with Crippen molar-refractivity contribution in [3.05, 3.63) is 12.2 Å². The summed E-state index contributed by atoms with van der Waals surface area (Å²) in [6, 6.07) is 0. The fraction of sp³-hybridized carbons (Fsp3) is 0.700. The lowest BCUT2D eigenvalue weighted by atomic mass is 9.90. The zero-order valence-electron chi connectivity index (χ0n) is 7.73. The topological polar surface area (TPSA) is 43.1 Å². The van der Waals surface area contributed by atoms with Crippen LogP contribution in [0.4, 0.5) is 0 Å². The summed E-state index contributed by atoms with van der Waals surface area (Å²) in [5.41, 5.74) is 6.36. The highest BCUT2D eigenvalue weighted by Gasteiger charge is 2.35. The minimum Gasteiger partial charge on any atom is -0.319 e. The SMILES string of the molecule is C=C(C)CC(=O)C1(N)CCCC1. The number of nitrogens with two attached hydrogens (primary N) is 1. The van der Waals surface area contributed by atoms with Gasteiger partial charge in [-0.1, -0.05) is 25.0 Å². The Morgan fingerprint density at radius 2 is 2.00 bits per heavy atom. The summed E-state index contributed by atoms with van der Waals surface area (Å²) in [6.07, 6.45) is 4.37. The van der Waals surface area contributed by atoms with Crippen molar-refractivity contribution in [2.75, 3.05) is 0 Å². The van der Waals surface area contributed by atoms with Gasteiger partial charge in [-0.25, -0.2) is 0 Å². The van der Waals surface area contributed by atoms with Crippen molar-refractivity contribution in [2.24, 2.45) is 5.73 Å². The summed E-state index contributed by atoms with van der Waals surface area (Å²) in [5, 5.41) is 0. The molecule has 1 saturated carbocycles. The lowest BCUT2D eigenvalue weighted by Crippen LogP contribution is -2.45. The predicted octanol–water partition coefficient (Wildman–Crippen LogP) is 1.79. The van der Waals surface area contributed by atoms with Gasteiger partial charge in [-0.15, -0.1) is 0 Å². The van der Waals surface area contributed by atoms with E-state index in [0.717, 1.165) is 31.3 Å². The molecule has 0 saturated heterocycles. The van der Waals surface area contributed by atoms with Crippen molar-refractivity contribution in [3.8, 4) is 0 Å². The van der Waals surface area contributed by atoms with Gasteiger partial charge in [-0.3, -0.25) is 4.79 Å². The molecule has 1 rings (SSSR count). The van der Waals surface area contributed by atoms with Crippen LogP contribution in [-0.2, 0) is 4.79 Å². The largest absolute Gasteiger partial charge is 0.319 e. The Labute approximate surface area is 73.8 Å². The van der Waals surface area contributed by atoms with E-state index >= 15 is 0 Å². The quantitative estimate of drug-likeness (QED) is 0.651. The van der Waals surface area contributed by atoms with Crippen molar-refractivity contribution in [3.63, 3.8) is 0 Å². The van der Waals surface area contributed by atoms with E-state index in [0.29, 0.717) is 6.42 Å². The summed E-state index contributed by atoms with van der Waals surface area (Å²) in [7, 11) is 0. The van der Waals surface area contributed by atoms with E-state index in [1.807, 2.05) is 6.92 Å². The van der Waals surface area contributed by atoms with Crippen LogP contribution in [0.25, 0.3) is 0 Å². The van der Waals surface area contributed by atoms with Crippen LogP contribution in [0.1, 0.15) is 39.0 Å². The van der Waals surface area contributed by atoms with Crippen LogP contribution in [0.15, 0.2) is 12.2 Å².